The van der Waals surface area contributed by atoms with Crippen LogP contribution >= 0.6 is 0 Å². The van der Waals surface area contributed by atoms with E-state index in [0.29, 0.717) is 17.9 Å². The van der Waals surface area contributed by atoms with Gasteiger partial charge in [-0.15, -0.1) is 15.3 Å². The fourth-order valence-electron chi connectivity index (χ4n) is 3.92. The van der Waals surface area contributed by atoms with Gasteiger partial charge in [0.1, 0.15) is 5.75 Å². The quantitative estimate of drug-likeness (QED) is 0.627. The lowest BCUT2D eigenvalue weighted by atomic mass is 10.1. The van der Waals surface area contributed by atoms with Crippen LogP contribution in [0.2, 0.25) is 0 Å². The fraction of sp³-hybridized carbons (Fsp3) is 0.476. The summed E-state index contributed by atoms with van der Waals surface area (Å²) in [6, 6.07) is 7.99. The summed E-state index contributed by atoms with van der Waals surface area (Å²) < 4.78 is 46.1. The monoisotopic (exact) mass is 434 g/mol. The number of halogens is 3. The van der Waals surface area contributed by atoms with Crippen molar-refractivity contribution in [3.8, 4) is 5.75 Å². The second-order valence-electron chi connectivity index (χ2n) is 7.80. The summed E-state index contributed by atoms with van der Waals surface area (Å²) in [6.07, 6.45) is -3.72. The Morgan fingerprint density at radius 2 is 1.71 bits per heavy atom. The van der Waals surface area contributed by atoms with E-state index < -0.39 is 12.0 Å². The lowest BCUT2D eigenvalue weighted by Gasteiger charge is -2.25. The summed E-state index contributed by atoms with van der Waals surface area (Å²) in [6.45, 7) is 7.55. The highest BCUT2D eigenvalue weighted by Gasteiger charge is 2.38. The molecule has 3 aromatic rings. The summed E-state index contributed by atoms with van der Waals surface area (Å²) in [7, 11) is 1.64. The minimum absolute atomic E-state index is 0.143. The van der Waals surface area contributed by atoms with Gasteiger partial charge in [-0.2, -0.15) is 17.7 Å². The molecule has 1 aliphatic heterocycles. The molecule has 0 radical (unpaired) electrons. The minimum atomic E-state index is -4.61. The lowest BCUT2D eigenvalue weighted by Crippen LogP contribution is -2.32. The molecule has 0 bridgehead atoms. The van der Waals surface area contributed by atoms with Crippen molar-refractivity contribution in [3.63, 3.8) is 0 Å². The van der Waals surface area contributed by atoms with Crippen LogP contribution in [0.15, 0.2) is 24.3 Å². The molecule has 0 atom stereocenters. The van der Waals surface area contributed by atoms with Crippen molar-refractivity contribution < 1.29 is 17.9 Å². The van der Waals surface area contributed by atoms with Crippen molar-refractivity contribution in [1.29, 1.82) is 0 Å². The van der Waals surface area contributed by atoms with Crippen molar-refractivity contribution in [2.24, 2.45) is 0 Å². The first kappa shape index (κ1) is 21.4. The molecular weight excluding hydrogens is 409 g/mol. The number of hydrogen-bond donors (Lipinski definition) is 0. The van der Waals surface area contributed by atoms with Gasteiger partial charge in [0.05, 0.1) is 7.11 Å². The van der Waals surface area contributed by atoms with Crippen LogP contribution in [0.5, 0.6) is 5.75 Å². The molecule has 0 N–H and O–H groups in total. The van der Waals surface area contributed by atoms with Crippen LogP contribution in [0, 0.1) is 13.8 Å². The molecule has 7 nitrogen and oxygen atoms in total. The van der Waals surface area contributed by atoms with Crippen LogP contribution in [-0.2, 0) is 12.7 Å². The number of hydrogen-bond acceptors (Lipinski definition) is 6. The summed E-state index contributed by atoms with van der Waals surface area (Å²) in [4.78, 5) is 4.42. The topological polar surface area (TPSA) is 58.8 Å². The van der Waals surface area contributed by atoms with Crippen LogP contribution in [-0.4, -0.2) is 58.0 Å². The van der Waals surface area contributed by atoms with Crippen LogP contribution in [0.3, 0.4) is 0 Å². The number of ether oxygens (including phenoxy) is 1. The van der Waals surface area contributed by atoms with E-state index in [1.54, 1.807) is 14.0 Å². The Morgan fingerprint density at radius 1 is 0.968 bits per heavy atom. The van der Waals surface area contributed by atoms with Crippen LogP contribution in [0.25, 0.3) is 5.65 Å². The lowest BCUT2D eigenvalue weighted by molar-refractivity contribution is -0.146. The zero-order valence-electron chi connectivity index (χ0n) is 17.8. The Morgan fingerprint density at radius 3 is 2.39 bits per heavy atom. The van der Waals surface area contributed by atoms with E-state index in [1.807, 2.05) is 19.1 Å². The largest absolute Gasteiger partial charge is 0.497 e. The minimum Gasteiger partial charge on any atom is -0.497 e. The highest BCUT2D eigenvalue weighted by atomic mass is 19.4. The van der Waals surface area contributed by atoms with Crippen molar-refractivity contribution in [3.05, 3.63) is 46.8 Å². The number of fused-ring (bicyclic) bond motifs is 1. The van der Waals surface area contributed by atoms with Gasteiger partial charge in [-0.25, -0.2) is 0 Å². The Bertz CT molecular complexity index is 1060. The summed E-state index contributed by atoms with van der Waals surface area (Å²) in [5.74, 6) is 0.287. The molecular formula is C21H25F3N6O. The highest BCUT2D eigenvalue weighted by molar-refractivity contribution is 5.59. The van der Waals surface area contributed by atoms with Crippen molar-refractivity contribution >= 4 is 11.5 Å². The first-order chi connectivity index (χ1) is 14.8. The van der Waals surface area contributed by atoms with Gasteiger partial charge in [-0.3, -0.25) is 4.90 Å². The van der Waals surface area contributed by atoms with E-state index in [0.717, 1.165) is 48.4 Å². The van der Waals surface area contributed by atoms with E-state index in [4.69, 9.17) is 4.74 Å². The van der Waals surface area contributed by atoms with Gasteiger partial charge >= 0.3 is 6.18 Å². The average molecular weight is 434 g/mol. The number of aryl methyl sites for hydroxylation is 1. The van der Waals surface area contributed by atoms with Gasteiger partial charge in [0, 0.05) is 43.9 Å². The van der Waals surface area contributed by atoms with E-state index in [1.165, 1.54) is 5.56 Å². The number of aromatic nitrogens is 4. The van der Waals surface area contributed by atoms with E-state index in [9.17, 15) is 13.2 Å². The Hall–Kier alpha value is -2.88. The Balaban J connectivity index is 1.55. The second-order valence-corrected chi connectivity index (χ2v) is 7.80. The molecule has 1 fully saturated rings. The molecule has 1 aliphatic rings. The van der Waals surface area contributed by atoms with Gasteiger partial charge < -0.3 is 9.64 Å². The summed E-state index contributed by atoms with van der Waals surface area (Å²) >= 11 is 0. The maximum atomic E-state index is 13.3. The van der Waals surface area contributed by atoms with Gasteiger partial charge in [0.2, 0.25) is 0 Å². The van der Waals surface area contributed by atoms with Crippen molar-refractivity contribution in [1.82, 2.24) is 24.7 Å². The molecule has 166 valence electrons. The SMILES string of the molecule is COc1ccc(CN2CCCN(c3nn4c(C(F)(F)F)nnc4c(C)c3C)CC2)cc1. The summed E-state index contributed by atoms with van der Waals surface area (Å²) in [5.41, 5.74) is 2.83. The third kappa shape index (κ3) is 4.30. The Labute approximate surface area is 178 Å². The maximum absolute atomic E-state index is 13.3. The van der Waals surface area contributed by atoms with E-state index >= 15 is 0 Å². The van der Waals surface area contributed by atoms with Gasteiger partial charge in [0.15, 0.2) is 11.5 Å². The molecule has 1 saturated heterocycles. The molecule has 3 heterocycles. The molecule has 0 saturated carbocycles. The molecule has 0 spiro atoms. The first-order valence-electron chi connectivity index (χ1n) is 10.2. The molecule has 1 aromatic carbocycles. The number of rotatable bonds is 4. The average Bonchev–Trinajstić information content (AvgIpc) is 3.05. The smallest absolute Gasteiger partial charge is 0.453 e. The fourth-order valence-corrected chi connectivity index (χ4v) is 3.92. The second kappa shape index (κ2) is 8.33. The van der Waals surface area contributed by atoms with E-state index in [2.05, 4.69) is 37.2 Å². The molecule has 0 unspecified atom stereocenters. The summed E-state index contributed by atoms with van der Waals surface area (Å²) in [5, 5.41) is 11.4. The van der Waals surface area contributed by atoms with Crippen LogP contribution in [0.4, 0.5) is 19.0 Å². The molecule has 2 aromatic heterocycles. The third-order valence-electron chi connectivity index (χ3n) is 5.78. The number of methoxy groups -OCH3 is 1. The van der Waals surface area contributed by atoms with Crippen molar-refractivity contribution in [2.45, 2.75) is 33.0 Å². The van der Waals surface area contributed by atoms with Gasteiger partial charge in [0.25, 0.3) is 5.82 Å². The predicted molar refractivity (Wildman–Crippen MR) is 110 cm³/mol. The first-order valence-corrected chi connectivity index (χ1v) is 10.2. The van der Waals surface area contributed by atoms with Gasteiger partial charge in [-0.1, -0.05) is 12.1 Å². The third-order valence-corrected chi connectivity index (χ3v) is 5.78. The van der Waals surface area contributed by atoms with Crippen LogP contribution in [0.1, 0.15) is 28.9 Å². The molecule has 0 amide bonds. The number of alkyl halides is 3. The number of anilines is 1. The highest BCUT2D eigenvalue weighted by Crippen LogP contribution is 2.31. The molecule has 4 rings (SSSR count). The molecule has 0 aliphatic carbocycles. The Kier molecular flexibility index (Phi) is 5.74. The van der Waals surface area contributed by atoms with E-state index in [-0.39, 0.29) is 5.65 Å². The molecule has 31 heavy (non-hydrogen) atoms. The number of benzene rings is 1. The zero-order chi connectivity index (χ0) is 22.2. The maximum Gasteiger partial charge on any atom is 0.453 e. The zero-order valence-corrected chi connectivity index (χ0v) is 17.8. The normalized spacial score (nSPS) is 16.0. The number of nitrogens with zero attached hydrogens (tertiary/aromatic N) is 6. The van der Waals surface area contributed by atoms with Gasteiger partial charge in [-0.05, 0) is 38.0 Å². The van der Waals surface area contributed by atoms with Crippen LogP contribution < -0.4 is 9.64 Å². The predicted octanol–water partition coefficient (Wildman–Crippen LogP) is 3.48. The standard InChI is InChI=1S/C21H25F3N6O/c1-14-15(2)19(27-30-18(14)25-26-20(30)21(22,23)24)29-10-4-9-28(11-12-29)13-16-5-7-17(31-3)8-6-16/h5-8H,4,9-13H2,1-3H3. The molecule has 10 heteroatoms. The van der Waals surface area contributed by atoms with Crippen molar-refractivity contribution in [2.75, 3.05) is 38.2 Å².